The molecule has 0 saturated carbocycles. The number of phenolic OH excluding ortho intramolecular Hbond substituents is 1. The minimum Gasteiger partial charge on any atom is -0.508 e. The van der Waals surface area contributed by atoms with Gasteiger partial charge in [-0.25, -0.2) is 0 Å². The topological polar surface area (TPSA) is 53.2 Å². The Balaban J connectivity index is 1.69. The highest BCUT2D eigenvalue weighted by Gasteiger charge is 2.06. The molecular formula is C28H27NO2. The number of allylic oxidation sites excluding steroid dienone is 5. The largest absolute Gasteiger partial charge is 0.508 e. The van der Waals surface area contributed by atoms with Crippen molar-refractivity contribution in [1.29, 1.82) is 5.26 Å². The van der Waals surface area contributed by atoms with Crippen LogP contribution >= 0.6 is 0 Å². The van der Waals surface area contributed by atoms with Crippen molar-refractivity contribution >= 4 is 0 Å². The molecule has 2 aromatic rings. The summed E-state index contributed by atoms with van der Waals surface area (Å²) in [7, 11) is 0. The van der Waals surface area contributed by atoms with Gasteiger partial charge in [0, 0.05) is 11.1 Å². The third-order valence-electron chi connectivity index (χ3n) is 5.41. The van der Waals surface area contributed by atoms with Crippen LogP contribution in [0.2, 0.25) is 0 Å². The van der Waals surface area contributed by atoms with E-state index in [-0.39, 0.29) is 5.75 Å². The smallest absolute Gasteiger partial charge is 0.118 e. The van der Waals surface area contributed by atoms with E-state index >= 15 is 0 Å². The van der Waals surface area contributed by atoms with Crippen LogP contribution in [0.25, 0.3) is 0 Å². The molecule has 0 aliphatic heterocycles. The van der Waals surface area contributed by atoms with E-state index in [1.165, 1.54) is 5.57 Å². The number of phenols is 1. The van der Waals surface area contributed by atoms with Gasteiger partial charge in [0.1, 0.15) is 11.5 Å². The monoisotopic (exact) mass is 409 g/mol. The van der Waals surface area contributed by atoms with Crippen molar-refractivity contribution < 1.29 is 9.84 Å². The molecular weight excluding hydrogens is 382 g/mol. The summed E-state index contributed by atoms with van der Waals surface area (Å²) in [6.07, 6.45) is 9.91. The van der Waals surface area contributed by atoms with E-state index in [1.54, 1.807) is 18.2 Å². The van der Waals surface area contributed by atoms with Crippen molar-refractivity contribution in [2.24, 2.45) is 5.92 Å². The maximum Gasteiger partial charge on any atom is 0.118 e. The summed E-state index contributed by atoms with van der Waals surface area (Å²) in [4.78, 5) is 0. The summed E-state index contributed by atoms with van der Waals surface area (Å²) >= 11 is 0. The number of rotatable bonds is 5. The third kappa shape index (κ3) is 6.14. The second-order valence-electron chi connectivity index (χ2n) is 7.81. The number of hydrogen-bond donors (Lipinski definition) is 1. The molecule has 3 nitrogen and oxygen atoms in total. The van der Waals surface area contributed by atoms with Crippen LogP contribution in [0.1, 0.15) is 48.1 Å². The number of nitrogens with zero attached hydrogens (tertiary/aromatic N) is 1. The zero-order valence-corrected chi connectivity index (χ0v) is 18.3. The Hall–Kier alpha value is -3.69. The van der Waals surface area contributed by atoms with Crippen molar-refractivity contribution in [2.45, 2.75) is 33.6 Å². The van der Waals surface area contributed by atoms with Gasteiger partial charge in [-0.2, -0.15) is 5.26 Å². The molecule has 156 valence electrons. The second kappa shape index (κ2) is 10.4. The van der Waals surface area contributed by atoms with Crippen molar-refractivity contribution in [3.8, 4) is 23.7 Å². The van der Waals surface area contributed by atoms with Crippen LogP contribution in [0.4, 0.5) is 0 Å². The summed E-state index contributed by atoms with van der Waals surface area (Å²) in [6, 6.07) is 13.0. The Labute approximate surface area is 185 Å². The predicted octanol–water partition coefficient (Wildman–Crippen LogP) is 5.96. The van der Waals surface area contributed by atoms with Gasteiger partial charge < -0.3 is 9.84 Å². The van der Waals surface area contributed by atoms with Gasteiger partial charge in [0.15, 0.2) is 0 Å². The maximum absolute atomic E-state index is 9.58. The summed E-state index contributed by atoms with van der Waals surface area (Å²) in [6.45, 7) is 6.81. The second-order valence-corrected chi connectivity index (χ2v) is 7.81. The predicted molar refractivity (Wildman–Crippen MR) is 124 cm³/mol. The fraction of sp³-hybridized carbons (Fsp3) is 0.250. The minimum absolute atomic E-state index is 0.237. The molecule has 1 atom stereocenters. The molecule has 0 aromatic heterocycles. The zero-order valence-electron chi connectivity index (χ0n) is 18.3. The Morgan fingerprint density at radius 2 is 1.81 bits per heavy atom. The molecule has 1 aliphatic carbocycles. The Kier molecular flexibility index (Phi) is 7.36. The molecule has 0 bridgehead atoms. The van der Waals surface area contributed by atoms with Crippen LogP contribution in [0.5, 0.6) is 5.75 Å². The lowest BCUT2D eigenvalue weighted by Crippen LogP contribution is -1.98. The summed E-state index contributed by atoms with van der Waals surface area (Å²) < 4.78 is 5.94. The molecule has 2 aromatic carbocycles. The van der Waals surface area contributed by atoms with E-state index < -0.39 is 0 Å². The molecule has 0 saturated heterocycles. The van der Waals surface area contributed by atoms with Crippen LogP contribution in [0.15, 0.2) is 72.0 Å². The first-order valence-electron chi connectivity index (χ1n) is 10.5. The lowest BCUT2D eigenvalue weighted by molar-refractivity contribution is 0.220. The maximum atomic E-state index is 9.58. The van der Waals surface area contributed by atoms with Crippen LogP contribution in [0, 0.1) is 36.0 Å². The van der Waals surface area contributed by atoms with Gasteiger partial charge in [-0.1, -0.05) is 36.5 Å². The van der Waals surface area contributed by atoms with Crippen LogP contribution in [0.3, 0.4) is 0 Å². The molecule has 0 radical (unpaired) electrons. The Morgan fingerprint density at radius 3 is 2.58 bits per heavy atom. The van der Waals surface area contributed by atoms with Crippen LogP contribution in [-0.2, 0) is 11.2 Å². The van der Waals surface area contributed by atoms with Gasteiger partial charge >= 0.3 is 0 Å². The molecule has 31 heavy (non-hydrogen) atoms. The average Bonchev–Trinajstić information content (AvgIpc) is 2.92. The van der Waals surface area contributed by atoms with Gasteiger partial charge in [-0.3, -0.25) is 0 Å². The van der Waals surface area contributed by atoms with Crippen molar-refractivity contribution in [1.82, 2.24) is 0 Å². The molecule has 0 spiro atoms. The van der Waals surface area contributed by atoms with Crippen molar-refractivity contribution in [2.75, 3.05) is 6.61 Å². The number of ether oxygens (including phenoxy) is 1. The van der Waals surface area contributed by atoms with Gasteiger partial charge in [0.05, 0.1) is 18.2 Å². The highest BCUT2D eigenvalue weighted by atomic mass is 16.5. The molecule has 0 amide bonds. The highest BCUT2D eigenvalue weighted by Crippen LogP contribution is 2.19. The van der Waals surface area contributed by atoms with E-state index in [9.17, 15) is 10.4 Å². The molecule has 1 unspecified atom stereocenters. The van der Waals surface area contributed by atoms with Crippen molar-refractivity contribution in [3.63, 3.8) is 0 Å². The highest BCUT2D eigenvalue weighted by molar-refractivity contribution is 5.52. The molecule has 0 fully saturated rings. The SMILES string of the molecule is CC1=CC=C(OCCCc2cc(C#N)ccc2C#Cc2ccc(O)cc2C)C=CC1C. The van der Waals surface area contributed by atoms with E-state index in [0.717, 1.165) is 40.9 Å². The number of benzene rings is 2. The summed E-state index contributed by atoms with van der Waals surface area (Å²) in [5.41, 5.74) is 5.70. The van der Waals surface area contributed by atoms with Crippen molar-refractivity contribution in [3.05, 3.63) is 99.9 Å². The summed E-state index contributed by atoms with van der Waals surface area (Å²) in [5, 5.41) is 18.9. The Morgan fingerprint density at radius 1 is 1.03 bits per heavy atom. The molecule has 1 aliphatic rings. The lowest BCUT2D eigenvalue weighted by Gasteiger charge is -2.08. The molecule has 3 rings (SSSR count). The molecule has 1 N–H and O–H groups in total. The quantitative estimate of drug-likeness (QED) is 0.490. The van der Waals surface area contributed by atoms with E-state index in [0.29, 0.717) is 18.1 Å². The number of hydrogen-bond acceptors (Lipinski definition) is 3. The van der Waals surface area contributed by atoms with Crippen LogP contribution < -0.4 is 0 Å². The van der Waals surface area contributed by atoms with Gasteiger partial charge in [0.25, 0.3) is 0 Å². The Bertz CT molecular complexity index is 1150. The molecule has 0 heterocycles. The van der Waals surface area contributed by atoms with Gasteiger partial charge in [0.2, 0.25) is 0 Å². The first kappa shape index (κ1) is 22.0. The standard InChI is InChI=1S/C28H27NO2/c1-20-6-14-28(15-7-21(20)2)31-16-4-5-26-18-23(19-29)8-9-25(26)11-10-24-12-13-27(30)17-22(24)3/h6-9,12-15,17-18,20,30H,4-5,16H2,1-3H3. The van der Waals surface area contributed by atoms with Gasteiger partial charge in [-0.15, -0.1) is 0 Å². The lowest BCUT2D eigenvalue weighted by atomic mass is 10.00. The number of aryl methyl sites for hydroxylation is 2. The van der Waals surface area contributed by atoms with Gasteiger partial charge in [-0.05, 0) is 92.3 Å². The van der Waals surface area contributed by atoms with Crippen LogP contribution in [-0.4, -0.2) is 11.7 Å². The number of nitriles is 1. The van der Waals surface area contributed by atoms with E-state index in [2.05, 4.69) is 43.9 Å². The van der Waals surface area contributed by atoms with E-state index in [1.807, 2.05) is 37.3 Å². The average molecular weight is 410 g/mol. The minimum atomic E-state index is 0.237. The first-order chi connectivity index (χ1) is 15.0. The summed E-state index contributed by atoms with van der Waals surface area (Å²) in [5.74, 6) is 7.96. The first-order valence-corrected chi connectivity index (χ1v) is 10.5. The normalized spacial score (nSPS) is 15.1. The fourth-order valence-corrected chi connectivity index (χ4v) is 3.28. The van der Waals surface area contributed by atoms with E-state index in [4.69, 9.17) is 4.74 Å². The fourth-order valence-electron chi connectivity index (χ4n) is 3.28. The zero-order chi connectivity index (χ0) is 22.2. The number of aromatic hydroxyl groups is 1. The molecule has 3 heteroatoms. The third-order valence-corrected chi connectivity index (χ3v) is 5.41.